The average Bonchev–Trinajstić information content (AvgIpc) is 2.36. The predicted octanol–water partition coefficient (Wildman–Crippen LogP) is 0.928. The summed E-state index contributed by atoms with van der Waals surface area (Å²) in [7, 11) is 0. The van der Waals surface area contributed by atoms with Crippen molar-refractivity contribution in [3.63, 3.8) is 0 Å². The summed E-state index contributed by atoms with van der Waals surface area (Å²) in [6, 6.07) is 2.45. The number of primary amides is 1. The molecule has 0 aliphatic rings. The van der Waals surface area contributed by atoms with Gasteiger partial charge in [0.05, 0.1) is 10.6 Å². The van der Waals surface area contributed by atoms with E-state index in [1.807, 2.05) is 0 Å². The molecule has 6 nitrogen and oxygen atoms in total. The molecule has 0 aliphatic carbocycles. The number of nitrogens with one attached hydrogen (secondary N) is 1. The molecule has 4 N–H and O–H groups in total. The Balaban J connectivity index is 2.83. The third kappa shape index (κ3) is 4.20. The van der Waals surface area contributed by atoms with Crippen LogP contribution >= 0.6 is 11.6 Å². The Morgan fingerprint density at radius 3 is 2.60 bits per heavy atom. The van der Waals surface area contributed by atoms with Crippen LogP contribution in [0.5, 0.6) is 0 Å². The van der Waals surface area contributed by atoms with Gasteiger partial charge in [-0.15, -0.1) is 0 Å². The van der Waals surface area contributed by atoms with E-state index in [2.05, 4.69) is 5.32 Å². The van der Waals surface area contributed by atoms with Crippen molar-refractivity contribution in [3.8, 4) is 0 Å². The number of carboxylic acids is 1. The van der Waals surface area contributed by atoms with Gasteiger partial charge in [-0.05, 0) is 18.6 Å². The molecular formula is C12H12ClFN2O4. The number of carboxylic acid groups (broad SMARTS) is 1. The summed E-state index contributed by atoms with van der Waals surface area (Å²) in [4.78, 5) is 33.4. The Labute approximate surface area is 118 Å². The lowest BCUT2D eigenvalue weighted by Gasteiger charge is -2.14. The van der Waals surface area contributed by atoms with Crippen molar-refractivity contribution in [2.45, 2.75) is 18.9 Å². The summed E-state index contributed by atoms with van der Waals surface area (Å²) in [6.07, 6.45) is -0.395. The maximum absolute atomic E-state index is 13.6. The molecule has 0 saturated heterocycles. The number of rotatable bonds is 6. The highest BCUT2D eigenvalue weighted by Gasteiger charge is 2.23. The van der Waals surface area contributed by atoms with E-state index >= 15 is 0 Å². The summed E-state index contributed by atoms with van der Waals surface area (Å²) >= 11 is 5.53. The van der Waals surface area contributed by atoms with Crippen molar-refractivity contribution in [2.75, 3.05) is 0 Å². The van der Waals surface area contributed by atoms with Crippen LogP contribution in [0.25, 0.3) is 0 Å². The van der Waals surface area contributed by atoms with Crippen molar-refractivity contribution < 1.29 is 23.9 Å². The molecule has 2 amide bonds. The predicted molar refractivity (Wildman–Crippen MR) is 68.7 cm³/mol. The number of amides is 2. The highest BCUT2D eigenvalue weighted by atomic mass is 35.5. The quantitative estimate of drug-likeness (QED) is 0.726. The minimum absolute atomic E-state index is 0.182. The van der Waals surface area contributed by atoms with Crippen LogP contribution < -0.4 is 11.1 Å². The van der Waals surface area contributed by atoms with Gasteiger partial charge in [0, 0.05) is 6.42 Å². The van der Waals surface area contributed by atoms with Crippen LogP contribution in [0.4, 0.5) is 4.39 Å². The lowest BCUT2D eigenvalue weighted by Crippen LogP contribution is -2.41. The first-order valence-corrected chi connectivity index (χ1v) is 5.96. The van der Waals surface area contributed by atoms with Crippen LogP contribution in [0.15, 0.2) is 18.2 Å². The van der Waals surface area contributed by atoms with E-state index in [1.165, 1.54) is 18.2 Å². The number of carbonyl (C=O) groups is 3. The number of nitrogens with two attached hydrogens (primary N) is 1. The zero-order valence-corrected chi connectivity index (χ0v) is 11.0. The van der Waals surface area contributed by atoms with Crippen LogP contribution in [0.1, 0.15) is 23.2 Å². The molecule has 0 radical (unpaired) electrons. The number of halogens is 2. The fourth-order valence-corrected chi connectivity index (χ4v) is 1.63. The van der Waals surface area contributed by atoms with Gasteiger partial charge < -0.3 is 16.2 Å². The first-order valence-electron chi connectivity index (χ1n) is 5.59. The van der Waals surface area contributed by atoms with Crippen LogP contribution in [0, 0.1) is 5.82 Å². The van der Waals surface area contributed by atoms with Gasteiger partial charge in [0.1, 0.15) is 6.04 Å². The number of benzene rings is 1. The molecule has 20 heavy (non-hydrogen) atoms. The second kappa shape index (κ2) is 6.85. The third-order valence-corrected chi connectivity index (χ3v) is 2.77. The number of carbonyl (C=O) groups excluding carboxylic acids is 2. The summed E-state index contributed by atoms with van der Waals surface area (Å²) in [6.45, 7) is 0. The standard InChI is InChI=1S/C12H12ClFN2O4/c13-7-3-1-2-6(10(7)14)11(18)16-8(12(19)20)4-5-9(15)17/h1-3,8H,4-5H2,(H2,15,17)(H,16,18)(H,19,20). The van der Waals surface area contributed by atoms with Crippen LogP contribution in [-0.2, 0) is 9.59 Å². The van der Waals surface area contributed by atoms with Crippen LogP contribution in [0.2, 0.25) is 5.02 Å². The van der Waals surface area contributed by atoms with E-state index in [-0.39, 0.29) is 23.4 Å². The maximum Gasteiger partial charge on any atom is 0.326 e. The second-order valence-corrected chi connectivity index (χ2v) is 4.38. The molecule has 1 unspecified atom stereocenters. The van der Waals surface area contributed by atoms with Gasteiger partial charge in [-0.1, -0.05) is 17.7 Å². The number of aliphatic carboxylic acids is 1. The fraction of sp³-hybridized carbons (Fsp3) is 0.250. The van der Waals surface area contributed by atoms with Crippen molar-refractivity contribution >= 4 is 29.4 Å². The zero-order chi connectivity index (χ0) is 15.3. The van der Waals surface area contributed by atoms with Crippen LogP contribution in [-0.4, -0.2) is 28.9 Å². The molecule has 108 valence electrons. The van der Waals surface area contributed by atoms with E-state index in [4.69, 9.17) is 22.4 Å². The SMILES string of the molecule is NC(=O)CCC(NC(=O)c1cccc(Cl)c1F)C(=O)O. The molecule has 0 spiro atoms. The highest BCUT2D eigenvalue weighted by molar-refractivity contribution is 6.31. The van der Waals surface area contributed by atoms with E-state index in [9.17, 15) is 18.8 Å². The first-order chi connectivity index (χ1) is 9.32. The second-order valence-electron chi connectivity index (χ2n) is 3.97. The largest absolute Gasteiger partial charge is 0.480 e. The molecule has 8 heteroatoms. The fourth-order valence-electron chi connectivity index (χ4n) is 1.46. The Morgan fingerprint density at radius 2 is 2.05 bits per heavy atom. The molecular weight excluding hydrogens is 291 g/mol. The average molecular weight is 303 g/mol. The molecule has 0 heterocycles. The van der Waals surface area contributed by atoms with E-state index < -0.39 is 29.6 Å². The molecule has 0 bridgehead atoms. The number of hydrogen-bond donors (Lipinski definition) is 3. The summed E-state index contributed by atoms with van der Waals surface area (Å²) in [5, 5.41) is 10.8. The molecule has 0 aromatic heterocycles. The molecule has 1 aromatic carbocycles. The Bertz CT molecular complexity index is 550. The van der Waals surface area contributed by atoms with E-state index in [1.54, 1.807) is 0 Å². The minimum Gasteiger partial charge on any atom is -0.480 e. The molecule has 1 rings (SSSR count). The molecule has 0 fully saturated rings. The lowest BCUT2D eigenvalue weighted by molar-refractivity contribution is -0.139. The van der Waals surface area contributed by atoms with Crippen molar-refractivity contribution in [1.82, 2.24) is 5.32 Å². The van der Waals surface area contributed by atoms with Gasteiger partial charge in [0.25, 0.3) is 5.91 Å². The topological polar surface area (TPSA) is 109 Å². The van der Waals surface area contributed by atoms with Crippen molar-refractivity contribution in [2.24, 2.45) is 5.73 Å². The maximum atomic E-state index is 13.6. The highest BCUT2D eigenvalue weighted by Crippen LogP contribution is 2.18. The van der Waals surface area contributed by atoms with Gasteiger partial charge in [-0.25, -0.2) is 9.18 Å². The first kappa shape index (κ1) is 15.9. The normalized spacial score (nSPS) is 11.7. The van der Waals surface area contributed by atoms with Gasteiger partial charge in [0.15, 0.2) is 5.82 Å². The monoisotopic (exact) mass is 302 g/mol. The van der Waals surface area contributed by atoms with Gasteiger partial charge in [-0.3, -0.25) is 9.59 Å². The summed E-state index contributed by atoms with van der Waals surface area (Å²) in [5.74, 6) is -3.91. The van der Waals surface area contributed by atoms with Gasteiger partial charge in [0.2, 0.25) is 5.91 Å². The van der Waals surface area contributed by atoms with Gasteiger partial charge in [-0.2, -0.15) is 0 Å². The molecule has 0 aliphatic heterocycles. The van der Waals surface area contributed by atoms with E-state index in [0.29, 0.717) is 0 Å². The summed E-state index contributed by atoms with van der Waals surface area (Å²) < 4.78 is 13.6. The molecule has 1 aromatic rings. The van der Waals surface area contributed by atoms with Crippen molar-refractivity contribution in [1.29, 1.82) is 0 Å². The minimum atomic E-state index is -1.35. The molecule has 1 atom stereocenters. The summed E-state index contributed by atoms with van der Waals surface area (Å²) in [5.41, 5.74) is 4.53. The number of hydrogen-bond acceptors (Lipinski definition) is 3. The molecule has 0 saturated carbocycles. The zero-order valence-electron chi connectivity index (χ0n) is 10.2. The lowest BCUT2D eigenvalue weighted by atomic mass is 10.1. The Kier molecular flexibility index (Phi) is 5.45. The van der Waals surface area contributed by atoms with Crippen molar-refractivity contribution in [3.05, 3.63) is 34.6 Å². The Morgan fingerprint density at radius 1 is 1.40 bits per heavy atom. The smallest absolute Gasteiger partial charge is 0.326 e. The van der Waals surface area contributed by atoms with Crippen LogP contribution in [0.3, 0.4) is 0 Å². The van der Waals surface area contributed by atoms with Gasteiger partial charge >= 0.3 is 5.97 Å². The van der Waals surface area contributed by atoms with E-state index in [0.717, 1.165) is 0 Å². The third-order valence-electron chi connectivity index (χ3n) is 2.48. The Hall–Kier alpha value is -2.15.